The fourth-order valence-corrected chi connectivity index (χ4v) is 1.54. The normalized spacial score (nSPS) is 22.9. The molecule has 68 valence electrons. The largest absolute Gasteiger partial charge is 0.325 e. The predicted octanol–water partition coefficient (Wildman–Crippen LogP) is 3.08. The first-order chi connectivity index (χ1) is 5.21. The van der Waals surface area contributed by atoms with E-state index in [9.17, 15) is 0 Å². The Morgan fingerprint density at radius 1 is 0.909 bits per heavy atom. The number of hydrogen-bond acceptors (Lipinski definition) is 1. The molecular weight excluding hydrogens is 134 g/mol. The molecule has 2 N–H and O–H groups in total. The van der Waals surface area contributed by atoms with Gasteiger partial charge in [0, 0.05) is 5.54 Å². The van der Waals surface area contributed by atoms with E-state index in [0.717, 1.165) is 0 Å². The van der Waals surface area contributed by atoms with E-state index < -0.39 is 0 Å². The summed E-state index contributed by atoms with van der Waals surface area (Å²) in [6.07, 6.45) is 7.93. The lowest BCUT2D eigenvalue weighted by molar-refractivity contribution is 0.409. The lowest BCUT2D eigenvalue weighted by atomic mass is 9.94. The predicted molar refractivity (Wildman–Crippen MR) is 51.6 cm³/mol. The molecule has 0 saturated heterocycles. The molecule has 0 radical (unpaired) electrons. The third kappa shape index (κ3) is 5.25. The highest BCUT2D eigenvalue weighted by Gasteiger charge is 2.19. The van der Waals surface area contributed by atoms with Gasteiger partial charge >= 0.3 is 0 Å². The lowest BCUT2D eigenvalue weighted by Crippen LogP contribution is -2.34. The van der Waals surface area contributed by atoms with Gasteiger partial charge in [-0.3, -0.25) is 0 Å². The van der Waals surface area contributed by atoms with Crippen LogP contribution in [0.25, 0.3) is 0 Å². The second-order valence-corrected chi connectivity index (χ2v) is 3.57. The molecule has 1 nitrogen and oxygen atoms in total. The molecule has 1 aliphatic carbocycles. The number of hydrogen-bond donors (Lipinski definition) is 1. The van der Waals surface area contributed by atoms with Gasteiger partial charge in [-0.25, -0.2) is 0 Å². The first kappa shape index (κ1) is 11.0. The van der Waals surface area contributed by atoms with E-state index in [1.54, 1.807) is 0 Å². The van der Waals surface area contributed by atoms with E-state index in [0.29, 0.717) is 0 Å². The maximum absolute atomic E-state index is 5.98. The molecule has 0 bridgehead atoms. The summed E-state index contributed by atoms with van der Waals surface area (Å²) in [5.74, 6) is 0. The fourth-order valence-electron chi connectivity index (χ4n) is 1.54. The second-order valence-electron chi connectivity index (χ2n) is 3.57. The van der Waals surface area contributed by atoms with Gasteiger partial charge in [-0.15, -0.1) is 0 Å². The van der Waals surface area contributed by atoms with Gasteiger partial charge in [-0.2, -0.15) is 0 Å². The van der Waals surface area contributed by atoms with Crippen LogP contribution in [0.4, 0.5) is 0 Å². The van der Waals surface area contributed by atoms with Crippen molar-refractivity contribution >= 4 is 0 Å². The zero-order valence-electron chi connectivity index (χ0n) is 8.32. The maximum Gasteiger partial charge on any atom is 0.0125 e. The maximum atomic E-state index is 5.98. The Labute approximate surface area is 71.4 Å². The van der Waals surface area contributed by atoms with E-state index in [1.807, 2.05) is 13.8 Å². The Morgan fingerprint density at radius 2 is 1.27 bits per heavy atom. The van der Waals surface area contributed by atoms with E-state index in [-0.39, 0.29) is 5.54 Å². The summed E-state index contributed by atoms with van der Waals surface area (Å²) in [6.45, 7) is 6.18. The Morgan fingerprint density at radius 3 is 1.64 bits per heavy atom. The molecule has 1 heteroatoms. The van der Waals surface area contributed by atoms with Crippen LogP contribution in [0.5, 0.6) is 0 Å². The van der Waals surface area contributed by atoms with Crippen LogP contribution in [-0.4, -0.2) is 5.54 Å². The summed E-state index contributed by atoms with van der Waals surface area (Å²) < 4.78 is 0. The van der Waals surface area contributed by atoms with Gasteiger partial charge in [-0.05, 0) is 19.8 Å². The van der Waals surface area contributed by atoms with Crippen LogP contribution in [-0.2, 0) is 0 Å². The molecule has 1 fully saturated rings. The Bertz CT molecular complexity index is 76.9. The molecule has 0 aromatic heterocycles. The van der Waals surface area contributed by atoms with Gasteiger partial charge in [0.1, 0.15) is 0 Å². The van der Waals surface area contributed by atoms with Crippen LogP contribution >= 0.6 is 0 Å². The smallest absolute Gasteiger partial charge is 0.0125 e. The molecule has 0 atom stereocenters. The van der Waals surface area contributed by atoms with Gasteiger partial charge in [0.2, 0.25) is 0 Å². The van der Waals surface area contributed by atoms with Gasteiger partial charge < -0.3 is 5.73 Å². The summed E-state index contributed by atoms with van der Waals surface area (Å²) in [6, 6.07) is 0. The lowest BCUT2D eigenvalue weighted by Gasteiger charge is -2.21. The molecule has 1 saturated carbocycles. The minimum Gasteiger partial charge on any atom is -0.325 e. The van der Waals surface area contributed by atoms with Crippen molar-refractivity contribution in [2.75, 3.05) is 0 Å². The minimum atomic E-state index is 0.163. The van der Waals surface area contributed by atoms with Crippen LogP contribution in [0.3, 0.4) is 0 Å². The summed E-state index contributed by atoms with van der Waals surface area (Å²) >= 11 is 0. The van der Waals surface area contributed by atoms with E-state index in [1.165, 1.54) is 38.5 Å². The molecule has 0 aromatic carbocycles. The second kappa shape index (κ2) is 5.59. The van der Waals surface area contributed by atoms with E-state index >= 15 is 0 Å². The van der Waals surface area contributed by atoms with Crippen molar-refractivity contribution < 1.29 is 0 Å². The summed E-state index contributed by atoms with van der Waals surface area (Å²) in [5.41, 5.74) is 6.14. The molecule has 11 heavy (non-hydrogen) atoms. The summed E-state index contributed by atoms with van der Waals surface area (Å²) in [7, 11) is 0. The molecule has 0 heterocycles. The van der Waals surface area contributed by atoms with Crippen LogP contribution < -0.4 is 5.73 Å². The van der Waals surface area contributed by atoms with Crippen molar-refractivity contribution in [2.24, 2.45) is 5.73 Å². The summed E-state index contributed by atoms with van der Waals surface area (Å²) in [5, 5.41) is 0. The topological polar surface area (TPSA) is 26.0 Å². The van der Waals surface area contributed by atoms with Gasteiger partial charge in [0.25, 0.3) is 0 Å². The Kier molecular flexibility index (Phi) is 5.57. The van der Waals surface area contributed by atoms with Gasteiger partial charge in [-0.1, -0.05) is 39.5 Å². The quantitative estimate of drug-likeness (QED) is 0.537. The standard InChI is InChI=1S/C8H17N.C2H6/c1-8(9)6-4-2-3-5-7-8;1-2/h2-7,9H2,1H3;1-2H3. The molecule has 0 aromatic rings. The van der Waals surface area contributed by atoms with Gasteiger partial charge in [0.05, 0.1) is 0 Å². The molecular formula is C10H23N. The third-order valence-corrected chi connectivity index (χ3v) is 2.25. The highest BCUT2D eigenvalue weighted by molar-refractivity contribution is 4.80. The zero-order chi connectivity index (χ0) is 8.74. The van der Waals surface area contributed by atoms with Crippen molar-refractivity contribution in [3.8, 4) is 0 Å². The zero-order valence-corrected chi connectivity index (χ0v) is 8.32. The Hall–Kier alpha value is -0.0400. The number of rotatable bonds is 0. The van der Waals surface area contributed by atoms with E-state index in [4.69, 9.17) is 5.73 Å². The van der Waals surface area contributed by atoms with E-state index in [2.05, 4.69) is 6.92 Å². The number of nitrogens with two attached hydrogens (primary N) is 1. The molecule has 0 unspecified atom stereocenters. The molecule has 0 amide bonds. The first-order valence-corrected chi connectivity index (χ1v) is 5.00. The Balaban J connectivity index is 0.000000461. The van der Waals surface area contributed by atoms with Crippen LogP contribution in [0.2, 0.25) is 0 Å². The van der Waals surface area contributed by atoms with Crippen LogP contribution in [0, 0.1) is 0 Å². The third-order valence-electron chi connectivity index (χ3n) is 2.25. The van der Waals surface area contributed by atoms with Gasteiger partial charge in [0.15, 0.2) is 0 Å². The van der Waals surface area contributed by atoms with Crippen LogP contribution in [0.15, 0.2) is 0 Å². The highest BCUT2D eigenvalue weighted by Crippen LogP contribution is 2.23. The molecule has 0 spiro atoms. The van der Waals surface area contributed by atoms with Crippen molar-refractivity contribution in [3.05, 3.63) is 0 Å². The van der Waals surface area contributed by atoms with Crippen molar-refractivity contribution in [2.45, 2.75) is 64.8 Å². The SMILES string of the molecule is CC.CC1(N)CCCCCC1. The summed E-state index contributed by atoms with van der Waals surface area (Å²) in [4.78, 5) is 0. The minimum absolute atomic E-state index is 0.163. The average molecular weight is 157 g/mol. The van der Waals surface area contributed by atoms with Crippen molar-refractivity contribution in [3.63, 3.8) is 0 Å². The highest BCUT2D eigenvalue weighted by atomic mass is 14.7. The fraction of sp³-hybridized carbons (Fsp3) is 1.00. The van der Waals surface area contributed by atoms with Crippen molar-refractivity contribution in [1.82, 2.24) is 0 Å². The van der Waals surface area contributed by atoms with Crippen LogP contribution in [0.1, 0.15) is 59.3 Å². The van der Waals surface area contributed by atoms with Crippen molar-refractivity contribution in [1.29, 1.82) is 0 Å². The molecule has 0 aliphatic heterocycles. The molecule has 1 rings (SSSR count). The average Bonchev–Trinajstić information content (AvgIpc) is 2.17. The molecule has 1 aliphatic rings. The first-order valence-electron chi connectivity index (χ1n) is 5.00. The monoisotopic (exact) mass is 157 g/mol.